The molecule has 2 N–H and O–H groups in total. The third-order valence-electron chi connectivity index (χ3n) is 4.51. The maximum absolute atomic E-state index is 13.0. The highest BCUT2D eigenvalue weighted by molar-refractivity contribution is 6.20. The minimum Gasteiger partial charge on any atom is -0.507 e. The Hall–Kier alpha value is -2.21. The summed E-state index contributed by atoms with van der Waals surface area (Å²) in [6, 6.07) is 2.36. The number of fused-ring (bicyclic) bond motifs is 2. The Balaban J connectivity index is 2.13. The van der Waals surface area contributed by atoms with Gasteiger partial charge in [0, 0.05) is 18.8 Å². The average molecular weight is 332 g/mol. The van der Waals surface area contributed by atoms with E-state index >= 15 is 0 Å². The first-order valence-electron chi connectivity index (χ1n) is 7.93. The normalized spacial score (nSPS) is 27.0. The number of ether oxygens (including phenoxy) is 1. The van der Waals surface area contributed by atoms with E-state index in [2.05, 4.69) is 0 Å². The summed E-state index contributed by atoms with van der Waals surface area (Å²) in [4.78, 5) is 37.8. The molecule has 2 aliphatic carbocycles. The van der Waals surface area contributed by atoms with Gasteiger partial charge in [-0.25, -0.2) is 0 Å². The minimum absolute atomic E-state index is 0.0478. The predicted octanol–water partition coefficient (Wildman–Crippen LogP) is 2.26. The van der Waals surface area contributed by atoms with Gasteiger partial charge < -0.3 is 14.9 Å². The number of hydrogen-bond donors (Lipinski definition) is 2. The number of carbonyl (C=O) groups is 3. The highest BCUT2D eigenvalue weighted by Crippen LogP contribution is 2.45. The third-order valence-corrected chi connectivity index (χ3v) is 4.51. The van der Waals surface area contributed by atoms with Crippen molar-refractivity contribution in [2.75, 3.05) is 0 Å². The van der Waals surface area contributed by atoms with E-state index in [-0.39, 0.29) is 41.3 Å². The Morgan fingerprint density at radius 2 is 1.50 bits per heavy atom. The Morgan fingerprint density at radius 3 is 2.04 bits per heavy atom. The van der Waals surface area contributed by atoms with Crippen molar-refractivity contribution >= 4 is 17.3 Å². The van der Waals surface area contributed by atoms with Crippen LogP contribution < -0.4 is 0 Å². The molecule has 0 saturated heterocycles. The molecule has 3 rings (SSSR count). The lowest BCUT2D eigenvalue weighted by Crippen LogP contribution is -2.50. The number of ketones is 3. The molecule has 0 spiro atoms. The summed E-state index contributed by atoms with van der Waals surface area (Å²) in [6.07, 6.45) is -0.706. The van der Waals surface area contributed by atoms with Crippen LogP contribution in [0.3, 0.4) is 0 Å². The van der Waals surface area contributed by atoms with Gasteiger partial charge in [-0.15, -0.1) is 0 Å². The van der Waals surface area contributed by atoms with Crippen LogP contribution in [0.25, 0.3) is 0 Å². The summed E-state index contributed by atoms with van der Waals surface area (Å²) < 4.78 is 5.88. The summed E-state index contributed by atoms with van der Waals surface area (Å²) in [6.45, 7) is 5.44. The monoisotopic (exact) mass is 332 g/mol. The number of phenols is 2. The zero-order valence-electron chi connectivity index (χ0n) is 13.8. The van der Waals surface area contributed by atoms with Crippen molar-refractivity contribution in [1.82, 2.24) is 0 Å². The van der Waals surface area contributed by atoms with Crippen molar-refractivity contribution in [2.45, 2.75) is 45.3 Å². The molecule has 1 aromatic rings. The van der Waals surface area contributed by atoms with Crippen LogP contribution in [-0.4, -0.2) is 39.3 Å². The molecule has 1 aromatic carbocycles. The number of phenolic OH excluding ortho intramolecular Hbond substituents is 2. The molecule has 0 bridgehead atoms. The van der Waals surface area contributed by atoms with E-state index in [1.807, 2.05) is 20.8 Å². The molecule has 0 amide bonds. The summed E-state index contributed by atoms with van der Waals surface area (Å²) in [5.41, 5.74) is -0.944. The lowest BCUT2D eigenvalue weighted by atomic mass is 9.65. The van der Waals surface area contributed by atoms with Crippen LogP contribution in [-0.2, 0) is 9.53 Å². The van der Waals surface area contributed by atoms with Crippen molar-refractivity contribution in [3.63, 3.8) is 0 Å². The van der Waals surface area contributed by atoms with Crippen LogP contribution in [0.1, 0.15) is 54.3 Å². The molecule has 6 heteroatoms. The molecule has 3 unspecified atom stereocenters. The van der Waals surface area contributed by atoms with Gasteiger partial charge in [0.05, 0.1) is 28.7 Å². The standard InChI is InChI=1S/C18H20O6/c1-18(2,3)24-12-7-8(19)6-9-13(12)17(23)15-11(21)5-4-10(20)14(15)16(9)22/h4-5,9,12-13,20-21H,6-7H2,1-3H3. The maximum atomic E-state index is 13.0. The number of aromatic hydroxyl groups is 2. The summed E-state index contributed by atoms with van der Waals surface area (Å²) in [5.74, 6) is -3.46. The molecule has 128 valence electrons. The Labute approximate surface area is 139 Å². The summed E-state index contributed by atoms with van der Waals surface area (Å²) >= 11 is 0. The fourth-order valence-corrected chi connectivity index (χ4v) is 3.67. The number of carbonyl (C=O) groups excluding carboxylic acids is 3. The van der Waals surface area contributed by atoms with Gasteiger partial charge in [-0.3, -0.25) is 14.4 Å². The highest BCUT2D eigenvalue weighted by Gasteiger charge is 2.52. The summed E-state index contributed by atoms with van der Waals surface area (Å²) in [7, 11) is 0. The van der Waals surface area contributed by atoms with E-state index in [1.54, 1.807) is 0 Å². The molecular weight excluding hydrogens is 312 g/mol. The average Bonchev–Trinajstić information content (AvgIpc) is 2.44. The van der Waals surface area contributed by atoms with Crippen LogP contribution in [0.5, 0.6) is 11.5 Å². The topological polar surface area (TPSA) is 101 Å². The van der Waals surface area contributed by atoms with E-state index in [4.69, 9.17) is 4.74 Å². The van der Waals surface area contributed by atoms with Crippen LogP contribution >= 0.6 is 0 Å². The van der Waals surface area contributed by atoms with Crippen molar-refractivity contribution < 1.29 is 29.3 Å². The Morgan fingerprint density at radius 1 is 0.958 bits per heavy atom. The minimum atomic E-state index is -0.855. The molecule has 1 saturated carbocycles. The van der Waals surface area contributed by atoms with Crippen LogP contribution in [0.15, 0.2) is 12.1 Å². The molecule has 0 heterocycles. The van der Waals surface area contributed by atoms with Gasteiger partial charge in [-0.2, -0.15) is 0 Å². The lowest BCUT2D eigenvalue weighted by molar-refractivity contribution is -0.137. The van der Waals surface area contributed by atoms with Crippen LogP contribution in [0.2, 0.25) is 0 Å². The fraction of sp³-hybridized carbons (Fsp3) is 0.500. The van der Waals surface area contributed by atoms with E-state index in [9.17, 15) is 24.6 Å². The van der Waals surface area contributed by atoms with Gasteiger partial charge in [0.1, 0.15) is 17.3 Å². The van der Waals surface area contributed by atoms with Crippen LogP contribution in [0, 0.1) is 11.8 Å². The van der Waals surface area contributed by atoms with Gasteiger partial charge in [0.15, 0.2) is 11.6 Å². The molecule has 6 nitrogen and oxygen atoms in total. The van der Waals surface area contributed by atoms with E-state index in [0.717, 1.165) is 0 Å². The molecule has 1 fully saturated rings. The quantitative estimate of drug-likeness (QED) is 0.765. The van der Waals surface area contributed by atoms with Crippen molar-refractivity contribution in [3.8, 4) is 11.5 Å². The van der Waals surface area contributed by atoms with E-state index < -0.39 is 35.1 Å². The Bertz CT molecular complexity index is 743. The predicted molar refractivity (Wildman–Crippen MR) is 84.3 cm³/mol. The number of rotatable bonds is 1. The zero-order chi connectivity index (χ0) is 17.8. The summed E-state index contributed by atoms with van der Waals surface area (Å²) in [5, 5.41) is 20.0. The molecule has 0 aliphatic heterocycles. The van der Waals surface area contributed by atoms with Gasteiger partial charge >= 0.3 is 0 Å². The highest BCUT2D eigenvalue weighted by atomic mass is 16.5. The van der Waals surface area contributed by atoms with Crippen molar-refractivity contribution in [1.29, 1.82) is 0 Å². The molecule has 2 aliphatic rings. The van der Waals surface area contributed by atoms with Gasteiger partial charge in [0.25, 0.3) is 0 Å². The van der Waals surface area contributed by atoms with E-state index in [0.29, 0.717) is 0 Å². The third kappa shape index (κ3) is 2.60. The second-order valence-electron chi connectivity index (χ2n) is 7.43. The SMILES string of the molecule is CC(C)(C)OC1CC(=O)CC2C(=O)c3c(O)ccc(O)c3C(=O)C12. The molecular formula is C18H20O6. The largest absolute Gasteiger partial charge is 0.507 e. The van der Waals surface area contributed by atoms with Crippen LogP contribution in [0.4, 0.5) is 0 Å². The van der Waals surface area contributed by atoms with Gasteiger partial charge in [-0.05, 0) is 32.9 Å². The number of benzene rings is 1. The molecule has 24 heavy (non-hydrogen) atoms. The van der Waals surface area contributed by atoms with Gasteiger partial charge in [0.2, 0.25) is 0 Å². The van der Waals surface area contributed by atoms with Crippen molar-refractivity contribution in [3.05, 3.63) is 23.3 Å². The maximum Gasteiger partial charge on any atom is 0.173 e. The molecule has 0 radical (unpaired) electrons. The fourth-order valence-electron chi connectivity index (χ4n) is 3.67. The first kappa shape index (κ1) is 16.6. The first-order valence-corrected chi connectivity index (χ1v) is 7.93. The lowest BCUT2D eigenvalue weighted by Gasteiger charge is -2.41. The number of Topliss-reactive ketones (excluding diaryl/α,β-unsaturated/α-hetero) is 3. The zero-order valence-corrected chi connectivity index (χ0v) is 13.8. The molecule has 3 atom stereocenters. The second-order valence-corrected chi connectivity index (χ2v) is 7.43. The first-order chi connectivity index (χ1) is 11.1. The van der Waals surface area contributed by atoms with E-state index in [1.165, 1.54) is 12.1 Å². The second kappa shape index (κ2) is 5.41. The Kier molecular flexibility index (Phi) is 3.75. The van der Waals surface area contributed by atoms with Crippen molar-refractivity contribution in [2.24, 2.45) is 11.8 Å². The number of hydrogen-bond acceptors (Lipinski definition) is 6. The molecule has 0 aromatic heterocycles. The smallest absolute Gasteiger partial charge is 0.173 e. The van der Waals surface area contributed by atoms with Gasteiger partial charge in [-0.1, -0.05) is 0 Å².